The Hall–Kier alpha value is -2.32. The second-order valence-electron chi connectivity index (χ2n) is 8.09. The van der Waals surface area contributed by atoms with Crippen molar-refractivity contribution < 1.29 is 14.3 Å². The number of hydrogen-bond acceptors (Lipinski definition) is 5. The third kappa shape index (κ3) is 7.40. The molecule has 1 amide bonds. The van der Waals surface area contributed by atoms with Crippen LogP contribution >= 0.6 is 0 Å². The summed E-state index contributed by atoms with van der Waals surface area (Å²) in [5.74, 6) is 2.05. The van der Waals surface area contributed by atoms with Crippen molar-refractivity contribution in [2.75, 3.05) is 73.2 Å². The Morgan fingerprint density at radius 2 is 1.84 bits per heavy atom. The summed E-state index contributed by atoms with van der Waals surface area (Å²) in [6, 6.07) is 8.15. The maximum atomic E-state index is 12.4. The van der Waals surface area contributed by atoms with E-state index in [2.05, 4.69) is 32.2 Å². The second-order valence-corrected chi connectivity index (χ2v) is 8.09. The largest absolute Gasteiger partial charge is 0.493 e. The Bertz CT molecular complexity index is 713. The zero-order valence-corrected chi connectivity index (χ0v) is 19.0. The number of methoxy groups -OCH3 is 1. The van der Waals surface area contributed by atoms with Crippen LogP contribution in [-0.2, 0) is 16.1 Å². The van der Waals surface area contributed by atoms with Crippen LogP contribution in [-0.4, -0.2) is 99.8 Å². The summed E-state index contributed by atoms with van der Waals surface area (Å²) in [4.78, 5) is 23.4. The van der Waals surface area contributed by atoms with Crippen molar-refractivity contribution in [3.05, 3.63) is 29.8 Å². The minimum atomic E-state index is 0.276. The number of benzene rings is 1. The molecule has 0 atom stereocenters. The van der Waals surface area contributed by atoms with Crippen LogP contribution in [0.15, 0.2) is 29.3 Å². The summed E-state index contributed by atoms with van der Waals surface area (Å²) in [5.41, 5.74) is 1.15. The molecule has 2 fully saturated rings. The van der Waals surface area contributed by atoms with Crippen LogP contribution in [0.5, 0.6) is 5.75 Å². The first-order valence-corrected chi connectivity index (χ1v) is 11.4. The lowest BCUT2D eigenvalue weighted by molar-refractivity contribution is -0.131. The van der Waals surface area contributed by atoms with E-state index in [1.165, 1.54) is 0 Å². The third-order valence-corrected chi connectivity index (χ3v) is 5.81. The Balaban J connectivity index is 1.41. The highest BCUT2D eigenvalue weighted by Crippen LogP contribution is 2.14. The highest BCUT2D eigenvalue weighted by molar-refractivity contribution is 5.80. The number of hydrogen-bond donors (Lipinski definition) is 1. The van der Waals surface area contributed by atoms with E-state index in [0.29, 0.717) is 26.3 Å². The first-order chi connectivity index (χ1) is 15.2. The van der Waals surface area contributed by atoms with Gasteiger partial charge in [-0.3, -0.25) is 14.7 Å². The van der Waals surface area contributed by atoms with E-state index in [4.69, 9.17) is 9.47 Å². The van der Waals surface area contributed by atoms with Crippen molar-refractivity contribution in [2.45, 2.75) is 25.8 Å². The van der Waals surface area contributed by atoms with E-state index < -0.39 is 0 Å². The van der Waals surface area contributed by atoms with Gasteiger partial charge in [-0.1, -0.05) is 12.1 Å². The van der Waals surface area contributed by atoms with E-state index in [9.17, 15) is 4.79 Å². The molecular weight excluding hydrogens is 394 g/mol. The van der Waals surface area contributed by atoms with Gasteiger partial charge in [-0.05, 0) is 30.5 Å². The summed E-state index contributed by atoms with van der Waals surface area (Å²) in [5, 5.41) is 3.47. The molecule has 1 aromatic rings. The minimum Gasteiger partial charge on any atom is -0.493 e. The fourth-order valence-electron chi connectivity index (χ4n) is 4.03. The number of carbonyl (C=O) groups excluding carboxylic acids is 1. The van der Waals surface area contributed by atoms with E-state index in [-0.39, 0.29) is 5.91 Å². The van der Waals surface area contributed by atoms with Gasteiger partial charge in [-0.25, -0.2) is 0 Å². The third-order valence-electron chi connectivity index (χ3n) is 5.81. The Labute approximate surface area is 186 Å². The molecule has 0 saturated carbocycles. The van der Waals surface area contributed by atoms with Crippen LogP contribution in [0, 0.1) is 0 Å². The standard InChI is InChI=1S/C23H37N5O3/c1-24-23(25-18-20-7-5-8-21(17-20)31-16-6-15-30-2)28-13-11-26(12-14-28)19-22(29)27-9-3-4-10-27/h5,7-8,17H,3-4,6,9-16,18-19H2,1-2H3,(H,24,25). The lowest BCUT2D eigenvalue weighted by Gasteiger charge is -2.36. The Morgan fingerprint density at radius 1 is 1.06 bits per heavy atom. The Kier molecular flexibility index (Phi) is 9.42. The maximum absolute atomic E-state index is 12.4. The molecule has 2 aliphatic rings. The van der Waals surface area contributed by atoms with Crippen molar-refractivity contribution in [1.82, 2.24) is 20.0 Å². The zero-order valence-electron chi connectivity index (χ0n) is 19.0. The van der Waals surface area contributed by atoms with Crippen LogP contribution in [0.1, 0.15) is 24.8 Å². The molecule has 8 heteroatoms. The molecule has 2 aliphatic heterocycles. The van der Waals surface area contributed by atoms with Crippen molar-refractivity contribution in [2.24, 2.45) is 4.99 Å². The van der Waals surface area contributed by atoms with Crippen LogP contribution < -0.4 is 10.1 Å². The van der Waals surface area contributed by atoms with E-state index in [1.807, 2.05) is 24.1 Å². The quantitative estimate of drug-likeness (QED) is 0.362. The van der Waals surface area contributed by atoms with Crippen LogP contribution in [0.3, 0.4) is 0 Å². The van der Waals surface area contributed by atoms with Gasteiger partial charge in [0.2, 0.25) is 5.91 Å². The van der Waals surface area contributed by atoms with E-state index in [0.717, 1.165) is 75.8 Å². The van der Waals surface area contributed by atoms with Crippen molar-refractivity contribution in [3.63, 3.8) is 0 Å². The second kappa shape index (κ2) is 12.5. The fourth-order valence-corrected chi connectivity index (χ4v) is 4.03. The maximum Gasteiger partial charge on any atom is 0.236 e. The van der Waals surface area contributed by atoms with Gasteiger partial charge in [0.25, 0.3) is 0 Å². The molecule has 0 aliphatic carbocycles. The van der Waals surface area contributed by atoms with Gasteiger partial charge in [0.15, 0.2) is 5.96 Å². The molecular formula is C23H37N5O3. The number of piperazine rings is 1. The SMILES string of the molecule is CN=C(NCc1cccc(OCCCOC)c1)N1CCN(CC(=O)N2CCCC2)CC1. The number of guanidine groups is 1. The predicted molar refractivity (Wildman–Crippen MR) is 122 cm³/mol. The topological polar surface area (TPSA) is 69.6 Å². The predicted octanol–water partition coefficient (Wildman–Crippen LogP) is 1.42. The van der Waals surface area contributed by atoms with Crippen LogP contribution in [0.2, 0.25) is 0 Å². The normalized spacial score (nSPS) is 17.8. The average molecular weight is 432 g/mol. The molecule has 3 rings (SSSR count). The van der Waals surface area contributed by atoms with Gasteiger partial charge in [0.1, 0.15) is 5.75 Å². The summed E-state index contributed by atoms with van der Waals surface area (Å²) >= 11 is 0. The summed E-state index contributed by atoms with van der Waals surface area (Å²) in [6.07, 6.45) is 3.16. The number of nitrogens with one attached hydrogen (secondary N) is 1. The molecule has 31 heavy (non-hydrogen) atoms. The molecule has 0 radical (unpaired) electrons. The smallest absolute Gasteiger partial charge is 0.236 e. The van der Waals surface area contributed by atoms with Gasteiger partial charge in [-0.15, -0.1) is 0 Å². The number of carbonyl (C=O) groups is 1. The Morgan fingerprint density at radius 3 is 2.55 bits per heavy atom. The molecule has 8 nitrogen and oxygen atoms in total. The molecule has 0 spiro atoms. The number of amides is 1. The summed E-state index contributed by atoms with van der Waals surface area (Å²) in [7, 11) is 3.52. The minimum absolute atomic E-state index is 0.276. The number of nitrogens with zero attached hydrogens (tertiary/aromatic N) is 4. The lowest BCUT2D eigenvalue weighted by Crippen LogP contribution is -2.54. The molecule has 0 unspecified atom stereocenters. The first kappa shape index (κ1) is 23.3. The van der Waals surface area contributed by atoms with E-state index in [1.54, 1.807) is 7.11 Å². The highest BCUT2D eigenvalue weighted by Gasteiger charge is 2.24. The fraction of sp³-hybridized carbons (Fsp3) is 0.652. The summed E-state index contributed by atoms with van der Waals surface area (Å²) in [6.45, 7) is 7.94. The number of ether oxygens (including phenoxy) is 2. The van der Waals surface area contributed by atoms with Gasteiger partial charge in [0, 0.05) is 73.0 Å². The van der Waals surface area contributed by atoms with Gasteiger partial charge in [-0.2, -0.15) is 0 Å². The van der Waals surface area contributed by atoms with Gasteiger partial charge >= 0.3 is 0 Å². The first-order valence-electron chi connectivity index (χ1n) is 11.4. The number of aliphatic imine (C=N–C) groups is 1. The molecule has 0 aromatic heterocycles. The van der Waals surface area contributed by atoms with Gasteiger partial charge in [0.05, 0.1) is 13.2 Å². The molecule has 172 valence electrons. The number of rotatable bonds is 9. The number of likely N-dealkylation sites (tertiary alicyclic amines) is 1. The van der Waals surface area contributed by atoms with Crippen molar-refractivity contribution >= 4 is 11.9 Å². The average Bonchev–Trinajstić information content (AvgIpc) is 3.34. The molecule has 2 heterocycles. The molecule has 2 saturated heterocycles. The van der Waals surface area contributed by atoms with Crippen molar-refractivity contribution in [1.29, 1.82) is 0 Å². The van der Waals surface area contributed by atoms with Gasteiger partial charge < -0.3 is 24.6 Å². The zero-order chi connectivity index (χ0) is 21.9. The summed E-state index contributed by atoms with van der Waals surface area (Å²) < 4.78 is 10.9. The monoisotopic (exact) mass is 431 g/mol. The lowest BCUT2D eigenvalue weighted by atomic mass is 10.2. The molecule has 1 N–H and O–H groups in total. The van der Waals surface area contributed by atoms with Crippen LogP contribution in [0.25, 0.3) is 0 Å². The van der Waals surface area contributed by atoms with E-state index >= 15 is 0 Å². The molecule has 0 bridgehead atoms. The molecule has 1 aromatic carbocycles. The highest BCUT2D eigenvalue weighted by atomic mass is 16.5. The van der Waals surface area contributed by atoms with Crippen LogP contribution in [0.4, 0.5) is 0 Å². The van der Waals surface area contributed by atoms with Crippen molar-refractivity contribution in [3.8, 4) is 5.75 Å².